The number of aryl methyl sites for hydroxylation is 1. The van der Waals surface area contributed by atoms with Crippen LogP contribution >= 0.6 is 23.4 Å². The van der Waals surface area contributed by atoms with E-state index >= 15 is 0 Å². The van der Waals surface area contributed by atoms with Crippen molar-refractivity contribution in [1.29, 1.82) is 0 Å². The quantitative estimate of drug-likeness (QED) is 0.431. The summed E-state index contributed by atoms with van der Waals surface area (Å²) < 4.78 is 0. The summed E-state index contributed by atoms with van der Waals surface area (Å²) in [6.45, 7) is 4.47. The number of hydrogen-bond acceptors (Lipinski definition) is 3. The predicted molar refractivity (Wildman–Crippen MR) is 133 cm³/mol. The number of thioether (sulfide) groups is 1. The van der Waals surface area contributed by atoms with Gasteiger partial charge in [0.05, 0.1) is 0 Å². The van der Waals surface area contributed by atoms with E-state index in [0.717, 1.165) is 36.1 Å². The molecule has 1 fully saturated rings. The lowest BCUT2D eigenvalue weighted by atomic mass is 10.1. The average molecular weight is 473 g/mol. The lowest BCUT2D eigenvalue weighted by Gasteiger charge is -2.31. The van der Waals surface area contributed by atoms with Crippen molar-refractivity contribution in [2.24, 2.45) is 0 Å². The van der Waals surface area contributed by atoms with Crippen molar-refractivity contribution >= 4 is 35.2 Å². The van der Waals surface area contributed by atoms with Gasteiger partial charge in [-0.3, -0.25) is 9.59 Å². The maximum atomic E-state index is 13.3. The summed E-state index contributed by atoms with van der Waals surface area (Å²) in [6.07, 6.45) is 5.37. The Morgan fingerprint density at radius 1 is 1.09 bits per heavy atom. The maximum absolute atomic E-state index is 13.3. The minimum atomic E-state index is -0.454. The highest BCUT2D eigenvalue weighted by atomic mass is 35.5. The van der Waals surface area contributed by atoms with Crippen LogP contribution in [-0.4, -0.2) is 34.6 Å². The summed E-state index contributed by atoms with van der Waals surface area (Å²) in [7, 11) is 0. The fourth-order valence-corrected chi connectivity index (χ4v) is 5.07. The molecule has 2 amide bonds. The van der Waals surface area contributed by atoms with E-state index in [0.29, 0.717) is 30.2 Å². The van der Waals surface area contributed by atoms with Crippen molar-refractivity contribution in [2.75, 3.05) is 5.75 Å². The first-order valence-electron chi connectivity index (χ1n) is 11.5. The zero-order valence-corrected chi connectivity index (χ0v) is 20.6. The number of amides is 2. The van der Waals surface area contributed by atoms with Gasteiger partial charge in [-0.25, -0.2) is 0 Å². The molecule has 0 radical (unpaired) electrons. The molecule has 4 nitrogen and oxygen atoms in total. The van der Waals surface area contributed by atoms with Gasteiger partial charge in [0.25, 0.3) is 0 Å². The molecule has 1 N–H and O–H groups in total. The van der Waals surface area contributed by atoms with E-state index in [2.05, 4.69) is 5.32 Å². The molecule has 32 heavy (non-hydrogen) atoms. The molecule has 6 heteroatoms. The van der Waals surface area contributed by atoms with Gasteiger partial charge in [-0.1, -0.05) is 61.2 Å². The van der Waals surface area contributed by atoms with Crippen molar-refractivity contribution in [1.82, 2.24) is 10.2 Å². The molecule has 0 unspecified atom stereocenters. The fraction of sp³-hybridized carbons (Fsp3) is 0.462. The second-order valence-corrected chi connectivity index (χ2v) is 10.1. The van der Waals surface area contributed by atoms with Gasteiger partial charge in [0, 0.05) is 34.7 Å². The van der Waals surface area contributed by atoms with Crippen LogP contribution in [0.25, 0.3) is 0 Å². The van der Waals surface area contributed by atoms with Crippen molar-refractivity contribution in [3.8, 4) is 0 Å². The van der Waals surface area contributed by atoms with Gasteiger partial charge in [0.1, 0.15) is 6.04 Å². The molecule has 0 aliphatic heterocycles. The Balaban J connectivity index is 1.68. The van der Waals surface area contributed by atoms with Crippen LogP contribution in [0.1, 0.15) is 56.6 Å². The number of nitrogens with one attached hydrogen (secondary N) is 1. The highest BCUT2D eigenvalue weighted by Gasteiger charge is 2.30. The molecule has 0 aromatic heterocycles. The second kappa shape index (κ2) is 12.3. The van der Waals surface area contributed by atoms with Crippen LogP contribution in [0.4, 0.5) is 0 Å². The number of carbonyl (C=O) groups is 2. The van der Waals surface area contributed by atoms with E-state index in [4.69, 9.17) is 11.6 Å². The molecule has 0 bridgehead atoms. The first kappa shape index (κ1) is 24.7. The summed E-state index contributed by atoms with van der Waals surface area (Å²) >= 11 is 7.59. The molecule has 172 valence electrons. The normalized spacial score (nSPS) is 14.8. The second-order valence-electron chi connectivity index (χ2n) is 8.47. The number of benzene rings is 2. The summed E-state index contributed by atoms with van der Waals surface area (Å²) in [5.74, 6) is 0.650. The first-order chi connectivity index (χ1) is 15.5. The Kier molecular flexibility index (Phi) is 9.49. The lowest BCUT2D eigenvalue weighted by Crippen LogP contribution is -2.51. The molecule has 0 spiro atoms. The Bertz CT molecular complexity index is 880. The summed E-state index contributed by atoms with van der Waals surface area (Å²) in [5.41, 5.74) is 2.22. The van der Waals surface area contributed by atoms with Crippen molar-refractivity contribution in [3.05, 3.63) is 64.7 Å². The third-order valence-corrected chi connectivity index (χ3v) is 7.23. The highest BCUT2D eigenvalue weighted by molar-refractivity contribution is 7.99. The zero-order valence-electron chi connectivity index (χ0n) is 19.0. The Hall–Kier alpha value is -1.98. The third kappa shape index (κ3) is 7.28. The number of carbonyl (C=O) groups excluding carboxylic acids is 2. The standard InChI is InChI=1S/C26H33ClN2O2S/c1-3-24(26(31)28-22-6-4-5-7-22)29(18-20-10-8-19(2)9-11-20)25(30)16-17-32-23-14-12-21(27)13-15-23/h8-15,22,24H,3-7,16-18H2,1-2H3,(H,28,31)/t24-/m0/s1. The number of rotatable bonds is 10. The molecule has 2 aromatic rings. The van der Waals surface area contributed by atoms with Crippen LogP contribution in [0.2, 0.25) is 5.02 Å². The van der Waals surface area contributed by atoms with Crippen molar-refractivity contribution < 1.29 is 9.59 Å². The zero-order chi connectivity index (χ0) is 22.9. The summed E-state index contributed by atoms with van der Waals surface area (Å²) in [5, 5.41) is 3.90. The van der Waals surface area contributed by atoms with Gasteiger partial charge in [0.15, 0.2) is 0 Å². The minimum absolute atomic E-state index is 0.0143. The van der Waals surface area contributed by atoms with E-state index in [1.165, 1.54) is 5.56 Å². The number of halogens is 1. The highest BCUT2D eigenvalue weighted by Crippen LogP contribution is 2.23. The molecule has 1 saturated carbocycles. The number of hydrogen-bond donors (Lipinski definition) is 1. The average Bonchev–Trinajstić information content (AvgIpc) is 3.29. The van der Waals surface area contributed by atoms with Gasteiger partial charge in [-0.15, -0.1) is 11.8 Å². The van der Waals surface area contributed by atoms with E-state index in [-0.39, 0.29) is 17.9 Å². The molecule has 3 rings (SSSR count). The minimum Gasteiger partial charge on any atom is -0.352 e. The molecule has 0 saturated heterocycles. The Labute approximate surface area is 201 Å². The number of nitrogens with zero attached hydrogens (tertiary/aromatic N) is 1. The van der Waals surface area contributed by atoms with E-state index in [1.807, 2.05) is 62.4 Å². The predicted octanol–water partition coefficient (Wildman–Crippen LogP) is 6.00. The Morgan fingerprint density at radius 2 is 1.75 bits per heavy atom. The summed E-state index contributed by atoms with van der Waals surface area (Å²) in [4.78, 5) is 29.3. The first-order valence-corrected chi connectivity index (χ1v) is 12.9. The largest absolute Gasteiger partial charge is 0.352 e. The maximum Gasteiger partial charge on any atom is 0.243 e. The molecule has 2 aromatic carbocycles. The molecular formula is C26H33ClN2O2S. The molecular weight excluding hydrogens is 440 g/mol. The van der Waals surface area contributed by atoms with Crippen LogP contribution < -0.4 is 5.32 Å². The van der Waals surface area contributed by atoms with E-state index < -0.39 is 6.04 Å². The van der Waals surface area contributed by atoms with Crippen molar-refractivity contribution in [2.45, 2.75) is 75.9 Å². The van der Waals surface area contributed by atoms with Gasteiger partial charge >= 0.3 is 0 Å². The van der Waals surface area contributed by atoms with Crippen LogP contribution in [0.5, 0.6) is 0 Å². The van der Waals surface area contributed by atoms with Gasteiger partial charge in [-0.05, 0) is 56.0 Å². The van der Waals surface area contributed by atoms with E-state index in [9.17, 15) is 9.59 Å². The van der Waals surface area contributed by atoms with Crippen LogP contribution in [0, 0.1) is 6.92 Å². The van der Waals surface area contributed by atoms with Gasteiger partial charge in [-0.2, -0.15) is 0 Å². The van der Waals surface area contributed by atoms with Crippen LogP contribution in [0.3, 0.4) is 0 Å². The van der Waals surface area contributed by atoms with Gasteiger partial charge in [0.2, 0.25) is 11.8 Å². The monoisotopic (exact) mass is 472 g/mol. The fourth-order valence-electron chi connectivity index (χ4n) is 4.11. The SMILES string of the molecule is CC[C@@H](C(=O)NC1CCCC1)N(Cc1ccc(C)cc1)C(=O)CCSc1ccc(Cl)cc1. The molecule has 1 aliphatic rings. The molecule has 1 atom stereocenters. The summed E-state index contributed by atoms with van der Waals surface area (Å²) in [6, 6.07) is 15.6. The van der Waals surface area contributed by atoms with Crippen LogP contribution in [0.15, 0.2) is 53.4 Å². The third-order valence-electron chi connectivity index (χ3n) is 5.96. The Morgan fingerprint density at radius 3 is 2.38 bits per heavy atom. The van der Waals surface area contributed by atoms with Crippen LogP contribution in [-0.2, 0) is 16.1 Å². The lowest BCUT2D eigenvalue weighted by molar-refractivity contribution is -0.141. The van der Waals surface area contributed by atoms with E-state index in [1.54, 1.807) is 16.7 Å². The van der Waals surface area contributed by atoms with Gasteiger partial charge < -0.3 is 10.2 Å². The topological polar surface area (TPSA) is 49.4 Å². The van der Waals surface area contributed by atoms with Crippen molar-refractivity contribution in [3.63, 3.8) is 0 Å². The molecule has 0 heterocycles. The molecule has 1 aliphatic carbocycles. The smallest absolute Gasteiger partial charge is 0.243 e.